The Kier molecular flexibility index (Phi) is 7.47. The first-order valence-corrected chi connectivity index (χ1v) is 7.47. The van der Waals surface area contributed by atoms with Gasteiger partial charge in [0.25, 0.3) is 0 Å². The van der Waals surface area contributed by atoms with Crippen molar-refractivity contribution in [1.82, 2.24) is 5.32 Å². The second-order valence-corrected chi connectivity index (χ2v) is 6.08. The van der Waals surface area contributed by atoms with E-state index in [2.05, 4.69) is 10.3 Å². The Labute approximate surface area is 137 Å². The molecule has 20 heavy (non-hydrogen) atoms. The third kappa shape index (κ3) is 6.10. The van der Waals surface area contributed by atoms with E-state index >= 15 is 0 Å². The Hall–Kier alpha value is -0.140. The zero-order chi connectivity index (χ0) is 13.7. The maximum Gasteiger partial charge on any atom is 0.248 e. The summed E-state index contributed by atoms with van der Waals surface area (Å²) in [6.07, 6.45) is 6.17. The van der Waals surface area contributed by atoms with E-state index in [1.165, 1.54) is 19.3 Å². The van der Waals surface area contributed by atoms with Gasteiger partial charge < -0.3 is 11.1 Å². The van der Waals surface area contributed by atoms with Gasteiger partial charge in [0.15, 0.2) is 5.96 Å². The largest absolute Gasteiger partial charge is 0.370 e. The van der Waals surface area contributed by atoms with Crippen molar-refractivity contribution < 1.29 is 8.78 Å². The van der Waals surface area contributed by atoms with Crippen LogP contribution in [0.1, 0.15) is 51.4 Å². The molecule has 2 saturated carbocycles. The number of aliphatic imine (C=N–C) groups is 1. The van der Waals surface area contributed by atoms with Crippen LogP contribution in [0, 0.1) is 11.8 Å². The first-order valence-electron chi connectivity index (χ1n) is 7.47. The lowest BCUT2D eigenvalue weighted by atomic mass is 9.85. The number of nitrogens with two attached hydrogens (primary N) is 1. The van der Waals surface area contributed by atoms with Crippen LogP contribution in [0.5, 0.6) is 0 Å². The van der Waals surface area contributed by atoms with Crippen LogP contribution in [0.3, 0.4) is 0 Å². The van der Waals surface area contributed by atoms with Crippen molar-refractivity contribution in [3.8, 4) is 0 Å². The average Bonchev–Trinajstić information content (AvgIpc) is 2.45. The molecule has 0 bridgehead atoms. The third-order valence-corrected chi connectivity index (χ3v) is 4.31. The predicted octanol–water partition coefficient (Wildman–Crippen LogP) is 3.52. The fourth-order valence-electron chi connectivity index (χ4n) is 2.83. The average molecular weight is 401 g/mol. The minimum absolute atomic E-state index is 0. The van der Waals surface area contributed by atoms with E-state index in [4.69, 9.17) is 5.73 Å². The lowest BCUT2D eigenvalue weighted by molar-refractivity contribution is -0.0241. The summed E-state index contributed by atoms with van der Waals surface area (Å²) in [5.41, 5.74) is 5.78. The molecule has 3 nitrogen and oxygen atoms in total. The van der Waals surface area contributed by atoms with E-state index in [1.54, 1.807) is 0 Å². The molecule has 0 heterocycles. The summed E-state index contributed by atoms with van der Waals surface area (Å²) in [7, 11) is 0. The Morgan fingerprint density at radius 1 is 1.15 bits per heavy atom. The molecule has 0 aromatic heterocycles. The van der Waals surface area contributed by atoms with Gasteiger partial charge in [-0.25, -0.2) is 8.78 Å². The summed E-state index contributed by atoms with van der Waals surface area (Å²) in [6.45, 7) is 1.30. The molecule has 118 valence electrons. The summed E-state index contributed by atoms with van der Waals surface area (Å²) >= 11 is 0. The Balaban J connectivity index is 0.00000200. The predicted molar refractivity (Wildman–Crippen MR) is 88.8 cm³/mol. The highest BCUT2D eigenvalue weighted by molar-refractivity contribution is 14.0. The standard InChI is InChI=1S/C14H25F2N3.HI/c15-14(16)7-2-1-4-12(8-14)10-19-13(17)18-9-11-5-3-6-11;/h11-12H,1-10H2,(H3,17,18,19);1H. The normalized spacial score (nSPS) is 27.1. The van der Waals surface area contributed by atoms with Crippen molar-refractivity contribution in [3.63, 3.8) is 0 Å². The third-order valence-electron chi connectivity index (χ3n) is 4.31. The van der Waals surface area contributed by atoms with Crippen LogP contribution < -0.4 is 11.1 Å². The zero-order valence-corrected chi connectivity index (χ0v) is 14.2. The minimum Gasteiger partial charge on any atom is -0.370 e. The van der Waals surface area contributed by atoms with E-state index < -0.39 is 5.92 Å². The van der Waals surface area contributed by atoms with Gasteiger partial charge in [0.1, 0.15) is 0 Å². The molecule has 1 unspecified atom stereocenters. The fraction of sp³-hybridized carbons (Fsp3) is 0.929. The molecule has 3 N–H and O–H groups in total. The molecule has 0 spiro atoms. The molecular weight excluding hydrogens is 375 g/mol. The lowest BCUT2D eigenvalue weighted by Crippen LogP contribution is -2.37. The quantitative estimate of drug-likeness (QED) is 0.328. The number of nitrogens with one attached hydrogen (secondary N) is 1. The molecule has 2 aliphatic rings. The second kappa shape index (κ2) is 8.34. The smallest absolute Gasteiger partial charge is 0.248 e. The van der Waals surface area contributed by atoms with Crippen molar-refractivity contribution >= 4 is 29.9 Å². The van der Waals surface area contributed by atoms with Crippen molar-refractivity contribution in [2.75, 3.05) is 13.1 Å². The van der Waals surface area contributed by atoms with E-state index in [9.17, 15) is 8.78 Å². The Morgan fingerprint density at radius 2 is 1.85 bits per heavy atom. The van der Waals surface area contributed by atoms with Crippen LogP contribution in [-0.4, -0.2) is 25.0 Å². The van der Waals surface area contributed by atoms with Crippen LogP contribution in [0.25, 0.3) is 0 Å². The van der Waals surface area contributed by atoms with Gasteiger partial charge in [-0.15, -0.1) is 24.0 Å². The van der Waals surface area contributed by atoms with Gasteiger partial charge in [0, 0.05) is 25.9 Å². The number of rotatable bonds is 4. The van der Waals surface area contributed by atoms with Crippen molar-refractivity contribution in [1.29, 1.82) is 0 Å². The monoisotopic (exact) mass is 401 g/mol. The molecule has 0 saturated heterocycles. The summed E-state index contributed by atoms with van der Waals surface area (Å²) < 4.78 is 26.9. The zero-order valence-electron chi connectivity index (χ0n) is 11.9. The highest BCUT2D eigenvalue weighted by Crippen LogP contribution is 2.35. The van der Waals surface area contributed by atoms with Crippen LogP contribution in [-0.2, 0) is 0 Å². The summed E-state index contributed by atoms with van der Waals surface area (Å²) in [5, 5.41) is 3.10. The van der Waals surface area contributed by atoms with Gasteiger partial charge in [-0.1, -0.05) is 12.8 Å². The van der Waals surface area contributed by atoms with Gasteiger partial charge in [-0.2, -0.15) is 0 Å². The van der Waals surface area contributed by atoms with Crippen LogP contribution in [0.15, 0.2) is 4.99 Å². The molecule has 0 amide bonds. The number of hydrogen-bond donors (Lipinski definition) is 2. The molecule has 2 fully saturated rings. The minimum atomic E-state index is -2.51. The molecule has 0 aliphatic heterocycles. The van der Waals surface area contributed by atoms with E-state index in [-0.39, 0.29) is 42.7 Å². The number of halogens is 3. The van der Waals surface area contributed by atoms with Crippen molar-refractivity contribution in [2.45, 2.75) is 57.3 Å². The van der Waals surface area contributed by atoms with Gasteiger partial charge >= 0.3 is 0 Å². The van der Waals surface area contributed by atoms with Gasteiger partial charge in [-0.05, 0) is 37.5 Å². The number of nitrogens with zero attached hydrogens (tertiary/aromatic N) is 1. The van der Waals surface area contributed by atoms with Gasteiger partial charge in [0.2, 0.25) is 5.92 Å². The SMILES string of the molecule is I.NC(=NCC1CCCCC(F)(F)C1)NCC1CCC1. The first-order chi connectivity index (χ1) is 9.05. The summed E-state index contributed by atoms with van der Waals surface area (Å²) in [4.78, 5) is 4.24. The first kappa shape index (κ1) is 17.9. The maximum absolute atomic E-state index is 13.5. The van der Waals surface area contributed by atoms with Crippen LogP contribution >= 0.6 is 24.0 Å². The Morgan fingerprint density at radius 3 is 2.50 bits per heavy atom. The maximum atomic E-state index is 13.5. The summed E-state index contributed by atoms with van der Waals surface area (Å²) in [5.74, 6) is -1.40. The molecule has 1 atom stereocenters. The van der Waals surface area contributed by atoms with E-state index in [0.717, 1.165) is 25.3 Å². The van der Waals surface area contributed by atoms with E-state index in [0.29, 0.717) is 18.9 Å². The molecule has 0 aromatic carbocycles. The van der Waals surface area contributed by atoms with Gasteiger partial charge in [0.05, 0.1) is 0 Å². The molecule has 6 heteroatoms. The second-order valence-electron chi connectivity index (χ2n) is 6.08. The topological polar surface area (TPSA) is 50.4 Å². The highest BCUT2D eigenvalue weighted by atomic mass is 127. The highest BCUT2D eigenvalue weighted by Gasteiger charge is 2.34. The van der Waals surface area contributed by atoms with Crippen LogP contribution in [0.2, 0.25) is 0 Å². The molecule has 2 rings (SSSR count). The van der Waals surface area contributed by atoms with Crippen molar-refractivity contribution in [3.05, 3.63) is 0 Å². The molecular formula is C14H26F2IN3. The number of guanidine groups is 1. The molecule has 2 aliphatic carbocycles. The lowest BCUT2D eigenvalue weighted by Gasteiger charge is -2.25. The van der Waals surface area contributed by atoms with Gasteiger partial charge in [-0.3, -0.25) is 4.99 Å². The van der Waals surface area contributed by atoms with E-state index in [1.807, 2.05) is 0 Å². The van der Waals surface area contributed by atoms with Crippen molar-refractivity contribution in [2.24, 2.45) is 22.6 Å². The number of alkyl halides is 2. The molecule has 0 radical (unpaired) electrons. The number of hydrogen-bond acceptors (Lipinski definition) is 1. The fourth-order valence-corrected chi connectivity index (χ4v) is 2.83. The summed E-state index contributed by atoms with van der Waals surface area (Å²) in [6, 6.07) is 0. The molecule has 0 aromatic rings. The van der Waals surface area contributed by atoms with Crippen LogP contribution in [0.4, 0.5) is 8.78 Å². The Bertz CT molecular complexity index is 320.